The molecule has 28 heavy (non-hydrogen) atoms. The lowest BCUT2D eigenvalue weighted by Crippen LogP contribution is -2.55. The molecule has 0 unspecified atom stereocenters. The molecule has 0 aromatic heterocycles. The standard InChI is InChI=1S/C21H22N2O5/c1-21(2)20(27)23(16-9-8-15(19(25)26)12-17(16)28-21)13-18(24)22-11-10-14-6-4-3-5-7-14/h3-9,12H,10-11,13H2,1-2H3,(H,22,24)(H,25,26). The number of carbonyl (C=O) groups is 3. The first-order valence-corrected chi connectivity index (χ1v) is 8.97. The maximum atomic E-state index is 12.8. The number of benzene rings is 2. The molecule has 0 saturated heterocycles. The third-order valence-electron chi connectivity index (χ3n) is 4.50. The molecule has 0 fully saturated rings. The van der Waals surface area contributed by atoms with Crippen molar-refractivity contribution in [1.82, 2.24) is 5.32 Å². The molecule has 2 aromatic carbocycles. The van der Waals surface area contributed by atoms with Crippen molar-refractivity contribution >= 4 is 23.5 Å². The first kappa shape index (κ1) is 19.4. The van der Waals surface area contributed by atoms with Gasteiger partial charge in [-0.05, 0) is 44.0 Å². The number of carboxylic acid groups (broad SMARTS) is 1. The van der Waals surface area contributed by atoms with Crippen LogP contribution < -0.4 is 15.0 Å². The van der Waals surface area contributed by atoms with Gasteiger partial charge in [0.25, 0.3) is 5.91 Å². The highest BCUT2D eigenvalue weighted by molar-refractivity contribution is 6.06. The molecular weight excluding hydrogens is 360 g/mol. The molecule has 2 aromatic rings. The second-order valence-electron chi connectivity index (χ2n) is 7.08. The summed E-state index contributed by atoms with van der Waals surface area (Å²) >= 11 is 0. The van der Waals surface area contributed by atoms with E-state index in [-0.39, 0.29) is 29.7 Å². The van der Waals surface area contributed by atoms with Gasteiger partial charge in [0, 0.05) is 6.54 Å². The van der Waals surface area contributed by atoms with Crippen molar-refractivity contribution in [2.45, 2.75) is 25.9 Å². The lowest BCUT2D eigenvalue weighted by molar-refractivity contribution is -0.134. The fraction of sp³-hybridized carbons (Fsp3) is 0.286. The van der Waals surface area contributed by atoms with Gasteiger partial charge in [0.05, 0.1) is 11.3 Å². The molecule has 146 valence electrons. The smallest absolute Gasteiger partial charge is 0.335 e. The van der Waals surface area contributed by atoms with Crippen molar-refractivity contribution in [3.8, 4) is 5.75 Å². The van der Waals surface area contributed by atoms with Crippen molar-refractivity contribution in [3.63, 3.8) is 0 Å². The van der Waals surface area contributed by atoms with E-state index in [2.05, 4.69) is 5.32 Å². The van der Waals surface area contributed by atoms with Gasteiger partial charge in [-0.1, -0.05) is 30.3 Å². The zero-order valence-electron chi connectivity index (χ0n) is 15.8. The zero-order valence-corrected chi connectivity index (χ0v) is 15.8. The number of aromatic carboxylic acids is 1. The topological polar surface area (TPSA) is 95.9 Å². The molecule has 0 saturated carbocycles. The second kappa shape index (κ2) is 7.72. The summed E-state index contributed by atoms with van der Waals surface area (Å²) in [7, 11) is 0. The third kappa shape index (κ3) is 4.14. The van der Waals surface area contributed by atoms with E-state index in [9.17, 15) is 19.5 Å². The van der Waals surface area contributed by atoms with E-state index in [0.717, 1.165) is 5.56 Å². The van der Waals surface area contributed by atoms with E-state index < -0.39 is 11.6 Å². The molecule has 1 aliphatic rings. The number of amides is 2. The Labute approximate surface area is 162 Å². The van der Waals surface area contributed by atoms with Gasteiger partial charge in [-0.3, -0.25) is 14.5 Å². The lowest BCUT2D eigenvalue weighted by Gasteiger charge is -2.38. The molecule has 3 rings (SSSR count). The van der Waals surface area contributed by atoms with Gasteiger partial charge >= 0.3 is 5.97 Å². The van der Waals surface area contributed by atoms with Gasteiger partial charge in [-0.25, -0.2) is 4.79 Å². The minimum atomic E-state index is -1.20. The highest BCUT2D eigenvalue weighted by atomic mass is 16.5. The van der Waals surface area contributed by atoms with Crippen molar-refractivity contribution < 1.29 is 24.2 Å². The summed E-state index contributed by atoms with van der Waals surface area (Å²) in [5.74, 6) is -1.48. The number of ether oxygens (including phenoxy) is 1. The number of nitrogens with zero attached hydrogens (tertiary/aromatic N) is 1. The summed E-state index contributed by atoms with van der Waals surface area (Å²) in [6.45, 7) is 3.47. The number of hydrogen-bond acceptors (Lipinski definition) is 4. The van der Waals surface area contributed by atoms with E-state index in [4.69, 9.17) is 4.74 Å². The van der Waals surface area contributed by atoms with E-state index in [1.807, 2.05) is 30.3 Å². The molecule has 2 N–H and O–H groups in total. The van der Waals surface area contributed by atoms with Gasteiger partial charge in [0.15, 0.2) is 5.60 Å². The van der Waals surface area contributed by atoms with Crippen LogP contribution in [0.3, 0.4) is 0 Å². The zero-order chi connectivity index (χ0) is 20.3. The van der Waals surface area contributed by atoms with E-state index in [1.165, 1.54) is 23.1 Å². The average molecular weight is 382 g/mol. The Balaban J connectivity index is 1.72. The van der Waals surface area contributed by atoms with E-state index in [1.54, 1.807) is 13.8 Å². The molecule has 1 heterocycles. The SMILES string of the molecule is CC1(C)Oc2cc(C(=O)O)ccc2N(CC(=O)NCCc2ccccc2)C1=O. The number of anilines is 1. The van der Waals surface area contributed by atoms with Crippen molar-refractivity contribution in [2.24, 2.45) is 0 Å². The monoisotopic (exact) mass is 382 g/mol. The summed E-state index contributed by atoms with van der Waals surface area (Å²) in [4.78, 5) is 37.7. The van der Waals surface area contributed by atoms with Crippen LogP contribution in [0.5, 0.6) is 5.75 Å². The highest BCUT2D eigenvalue weighted by Gasteiger charge is 2.41. The molecule has 0 aliphatic carbocycles. The Morgan fingerprint density at radius 1 is 1.14 bits per heavy atom. The molecule has 0 atom stereocenters. The van der Waals surface area contributed by atoms with Crippen molar-refractivity contribution in [2.75, 3.05) is 18.0 Å². The Bertz CT molecular complexity index is 908. The fourth-order valence-electron chi connectivity index (χ4n) is 3.05. The molecule has 7 heteroatoms. The minimum absolute atomic E-state index is 0.0520. The Morgan fingerprint density at radius 3 is 2.54 bits per heavy atom. The first-order chi connectivity index (χ1) is 13.3. The summed E-state index contributed by atoms with van der Waals surface area (Å²) in [5.41, 5.74) is 0.343. The number of hydrogen-bond donors (Lipinski definition) is 2. The van der Waals surface area contributed by atoms with Crippen LogP contribution in [0.15, 0.2) is 48.5 Å². The predicted molar refractivity (Wildman–Crippen MR) is 104 cm³/mol. The molecule has 0 spiro atoms. The molecule has 7 nitrogen and oxygen atoms in total. The van der Waals surface area contributed by atoms with Crippen LogP contribution in [0.4, 0.5) is 5.69 Å². The van der Waals surface area contributed by atoms with Gasteiger partial charge < -0.3 is 15.2 Å². The van der Waals surface area contributed by atoms with Crippen LogP contribution in [0.1, 0.15) is 29.8 Å². The van der Waals surface area contributed by atoms with Gasteiger partial charge in [-0.2, -0.15) is 0 Å². The minimum Gasteiger partial charge on any atom is -0.478 e. The fourth-order valence-corrected chi connectivity index (χ4v) is 3.05. The molecule has 0 radical (unpaired) electrons. The number of rotatable bonds is 6. The number of carboxylic acids is 1. The summed E-state index contributed by atoms with van der Waals surface area (Å²) in [5, 5.41) is 12.0. The average Bonchev–Trinajstić information content (AvgIpc) is 2.65. The van der Waals surface area contributed by atoms with Crippen LogP contribution in [0, 0.1) is 0 Å². The Hall–Kier alpha value is -3.35. The van der Waals surface area contributed by atoms with Crippen molar-refractivity contribution in [1.29, 1.82) is 0 Å². The number of fused-ring (bicyclic) bond motifs is 1. The van der Waals surface area contributed by atoms with Crippen LogP contribution in [0.25, 0.3) is 0 Å². The lowest BCUT2D eigenvalue weighted by atomic mass is 10.0. The van der Waals surface area contributed by atoms with Gasteiger partial charge in [0.2, 0.25) is 5.91 Å². The maximum Gasteiger partial charge on any atom is 0.335 e. The van der Waals surface area contributed by atoms with Crippen LogP contribution in [0.2, 0.25) is 0 Å². The van der Waals surface area contributed by atoms with Crippen LogP contribution >= 0.6 is 0 Å². The summed E-state index contributed by atoms with van der Waals surface area (Å²) < 4.78 is 5.69. The maximum absolute atomic E-state index is 12.8. The van der Waals surface area contributed by atoms with E-state index in [0.29, 0.717) is 18.7 Å². The normalized spacial score (nSPS) is 14.8. The Kier molecular flexibility index (Phi) is 5.35. The molecule has 1 aliphatic heterocycles. The quantitative estimate of drug-likeness (QED) is 0.799. The molecule has 0 bridgehead atoms. The van der Waals surface area contributed by atoms with E-state index >= 15 is 0 Å². The summed E-state index contributed by atoms with van der Waals surface area (Å²) in [6.07, 6.45) is 0.688. The van der Waals surface area contributed by atoms with Gasteiger partial charge in [0.1, 0.15) is 12.3 Å². The Morgan fingerprint density at radius 2 is 1.86 bits per heavy atom. The molecule has 2 amide bonds. The first-order valence-electron chi connectivity index (χ1n) is 8.97. The summed E-state index contributed by atoms with van der Waals surface area (Å²) in [6, 6.07) is 14.0. The largest absolute Gasteiger partial charge is 0.478 e. The number of carbonyl (C=O) groups excluding carboxylic acids is 2. The van der Waals surface area contributed by atoms with Gasteiger partial charge in [-0.15, -0.1) is 0 Å². The highest BCUT2D eigenvalue weighted by Crippen LogP contribution is 2.38. The van der Waals surface area contributed by atoms with Crippen LogP contribution in [-0.2, 0) is 16.0 Å². The second-order valence-corrected chi connectivity index (χ2v) is 7.08. The molecular formula is C21H22N2O5. The third-order valence-corrected chi connectivity index (χ3v) is 4.50. The predicted octanol–water partition coefficient (Wildman–Crippen LogP) is 2.25. The number of nitrogens with one attached hydrogen (secondary N) is 1. The van der Waals surface area contributed by atoms with Crippen LogP contribution in [-0.4, -0.2) is 41.6 Å². The van der Waals surface area contributed by atoms with Crippen molar-refractivity contribution in [3.05, 3.63) is 59.7 Å².